The summed E-state index contributed by atoms with van der Waals surface area (Å²) in [5.41, 5.74) is 0.669. The van der Waals surface area contributed by atoms with Crippen LogP contribution in [0.2, 0.25) is 0 Å². The van der Waals surface area contributed by atoms with E-state index in [0.29, 0.717) is 18.2 Å². The van der Waals surface area contributed by atoms with Crippen molar-refractivity contribution in [3.8, 4) is 5.75 Å². The first-order valence-corrected chi connectivity index (χ1v) is 6.81. The van der Waals surface area contributed by atoms with Crippen molar-refractivity contribution in [1.82, 2.24) is 9.80 Å². The van der Waals surface area contributed by atoms with Gasteiger partial charge in [-0.2, -0.15) is 0 Å². The summed E-state index contributed by atoms with van der Waals surface area (Å²) < 4.78 is 0. The summed E-state index contributed by atoms with van der Waals surface area (Å²) in [5, 5.41) is 9.24. The summed E-state index contributed by atoms with van der Waals surface area (Å²) in [4.78, 5) is 16.8. The number of nitrogens with zero attached hydrogens (tertiary/aromatic N) is 2. The Morgan fingerprint density at radius 3 is 2.68 bits per heavy atom. The fraction of sp³-hybridized carbons (Fsp3) is 0.533. The number of benzene rings is 1. The van der Waals surface area contributed by atoms with Crippen LogP contribution < -0.4 is 0 Å². The predicted octanol–water partition coefficient (Wildman–Crippen LogP) is 1.60. The molecule has 2 rings (SSSR count). The lowest BCUT2D eigenvalue weighted by atomic mass is 10.1. The van der Waals surface area contributed by atoms with Crippen LogP contribution in [-0.2, 0) is 0 Å². The first-order chi connectivity index (χ1) is 9.06. The summed E-state index contributed by atoms with van der Waals surface area (Å²) in [6.07, 6.45) is 1.10. The number of rotatable bonds is 3. The van der Waals surface area contributed by atoms with Gasteiger partial charge in [0, 0.05) is 24.7 Å². The maximum atomic E-state index is 12.2. The molecule has 1 aliphatic heterocycles. The van der Waals surface area contributed by atoms with Crippen LogP contribution in [0.5, 0.6) is 5.75 Å². The highest BCUT2D eigenvalue weighted by molar-refractivity contribution is 5.97. The average Bonchev–Trinajstić information content (AvgIpc) is 2.52. The Hall–Kier alpha value is -1.39. The van der Waals surface area contributed by atoms with E-state index in [1.165, 1.54) is 0 Å². The third kappa shape index (κ3) is 3.78. The van der Waals surface area contributed by atoms with Crippen LogP contribution in [0.3, 0.4) is 0 Å². The molecule has 4 heteroatoms. The summed E-state index contributed by atoms with van der Waals surface area (Å²) in [6.45, 7) is 5.69. The Morgan fingerprint density at radius 2 is 2.00 bits per heavy atom. The number of aromatic hydroxyl groups is 1. The second kappa shape index (κ2) is 6.17. The van der Waals surface area contributed by atoms with E-state index in [4.69, 9.17) is 0 Å². The highest BCUT2D eigenvalue weighted by Gasteiger charge is 2.21. The number of Topliss-reactive ketones (excluding diaryl/α,β-unsaturated/α-hetero) is 1. The van der Waals surface area contributed by atoms with Gasteiger partial charge in [0.05, 0.1) is 6.54 Å². The lowest BCUT2D eigenvalue weighted by Gasteiger charge is -2.27. The van der Waals surface area contributed by atoms with E-state index in [-0.39, 0.29) is 11.5 Å². The summed E-state index contributed by atoms with van der Waals surface area (Å²) in [5.74, 6) is 0.317. The van der Waals surface area contributed by atoms with E-state index in [9.17, 15) is 9.90 Å². The van der Waals surface area contributed by atoms with Gasteiger partial charge in [-0.3, -0.25) is 9.69 Å². The third-order valence-electron chi connectivity index (χ3n) is 3.72. The van der Waals surface area contributed by atoms with Gasteiger partial charge in [0.15, 0.2) is 5.78 Å². The second-order valence-electron chi connectivity index (χ2n) is 5.41. The summed E-state index contributed by atoms with van der Waals surface area (Å²) in [6, 6.07) is 6.90. The number of phenols is 1. The Labute approximate surface area is 114 Å². The minimum absolute atomic E-state index is 0.122. The number of phenolic OH excluding ortho intramolecular Hbond substituents is 1. The molecule has 1 aliphatic rings. The molecular weight excluding hydrogens is 240 g/mol. The Bertz CT molecular complexity index is 430. The van der Waals surface area contributed by atoms with Gasteiger partial charge in [-0.05, 0) is 51.2 Å². The van der Waals surface area contributed by atoms with E-state index >= 15 is 0 Å². The molecule has 1 atom stereocenters. The topological polar surface area (TPSA) is 43.8 Å². The van der Waals surface area contributed by atoms with E-state index in [2.05, 4.69) is 23.8 Å². The van der Waals surface area contributed by atoms with Crippen molar-refractivity contribution >= 4 is 5.78 Å². The fourth-order valence-corrected chi connectivity index (χ4v) is 2.58. The van der Waals surface area contributed by atoms with Crippen LogP contribution in [0, 0.1) is 0 Å². The largest absolute Gasteiger partial charge is 0.508 e. The molecule has 1 heterocycles. The maximum absolute atomic E-state index is 12.2. The van der Waals surface area contributed by atoms with Crippen LogP contribution in [0.15, 0.2) is 24.3 Å². The lowest BCUT2D eigenvalue weighted by molar-refractivity contribution is 0.0900. The Kier molecular flexibility index (Phi) is 4.56. The number of hydrogen-bond acceptors (Lipinski definition) is 4. The molecule has 0 spiro atoms. The molecule has 0 radical (unpaired) electrons. The van der Waals surface area contributed by atoms with Crippen molar-refractivity contribution < 1.29 is 9.90 Å². The SMILES string of the molecule is CC1CN(C)CCCN1CC(=O)c1ccc(O)cc1. The normalized spacial score (nSPS) is 22.1. The molecule has 1 fully saturated rings. The van der Waals surface area contributed by atoms with Crippen LogP contribution in [0.4, 0.5) is 0 Å². The standard InChI is InChI=1S/C15H22N2O2/c1-12-10-16(2)8-3-9-17(12)11-15(19)13-4-6-14(18)7-5-13/h4-7,12,18H,3,8-11H2,1-2H3. The van der Waals surface area contributed by atoms with Gasteiger partial charge in [0.1, 0.15) is 5.75 Å². The molecule has 0 saturated carbocycles. The second-order valence-corrected chi connectivity index (χ2v) is 5.41. The molecule has 1 unspecified atom stereocenters. The molecule has 1 aromatic rings. The highest BCUT2D eigenvalue weighted by Crippen LogP contribution is 2.13. The van der Waals surface area contributed by atoms with Crippen molar-refractivity contribution in [3.05, 3.63) is 29.8 Å². The van der Waals surface area contributed by atoms with Gasteiger partial charge in [0.2, 0.25) is 0 Å². The lowest BCUT2D eigenvalue weighted by Crippen LogP contribution is -2.40. The molecule has 1 aromatic carbocycles. The van der Waals surface area contributed by atoms with Crippen molar-refractivity contribution in [1.29, 1.82) is 0 Å². The zero-order valence-corrected chi connectivity index (χ0v) is 11.7. The van der Waals surface area contributed by atoms with Crippen LogP contribution >= 0.6 is 0 Å². The van der Waals surface area contributed by atoms with E-state index in [0.717, 1.165) is 26.1 Å². The van der Waals surface area contributed by atoms with Gasteiger partial charge in [0.25, 0.3) is 0 Å². The first kappa shape index (κ1) is 14.0. The first-order valence-electron chi connectivity index (χ1n) is 6.81. The number of likely N-dealkylation sites (N-methyl/N-ethyl adjacent to an activating group) is 1. The van der Waals surface area contributed by atoms with E-state index in [1.54, 1.807) is 24.3 Å². The summed E-state index contributed by atoms with van der Waals surface area (Å²) >= 11 is 0. The number of carbonyl (C=O) groups excluding carboxylic acids is 1. The smallest absolute Gasteiger partial charge is 0.176 e. The van der Waals surface area contributed by atoms with Crippen molar-refractivity contribution in [3.63, 3.8) is 0 Å². The molecule has 0 aromatic heterocycles. The van der Waals surface area contributed by atoms with Crippen molar-refractivity contribution in [2.45, 2.75) is 19.4 Å². The Morgan fingerprint density at radius 1 is 1.32 bits per heavy atom. The minimum Gasteiger partial charge on any atom is -0.508 e. The molecule has 4 nitrogen and oxygen atoms in total. The monoisotopic (exact) mass is 262 g/mol. The van der Waals surface area contributed by atoms with Gasteiger partial charge in [-0.15, -0.1) is 0 Å². The third-order valence-corrected chi connectivity index (χ3v) is 3.72. The van der Waals surface area contributed by atoms with Crippen LogP contribution in [-0.4, -0.2) is 60.0 Å². The molecular formula is C15H22N2O2. The zero-order chi connectivity index (χ0) is 13.8. The molecule has 1 saturated heterocycles. The van der Waals surface area contributed by atoms with Gasteiger partial charge < -0.3 is 10.0 Å². The molecule has 104 valence electrons. The average molecular weight is 262 g/mol. The number of carbonyl (C=O) groups is 1. The van der Waals surface area contributed by atoms with Crippen LogP contribution in [0.25, 0.3) is 0 Å². The molecule has 1 N–H and O–H groups in total. The molecule has 0 bridgehead atoms. The predicted molar refractivity (Wildman–Crippen MR) is 75.6 cm³/mol. The quantitative estimate of drug-likeness (QED) is 0.840. The molecule has 0 amide bonds. The summed E-state index contributed by atoms with van der Waals surface area (Å²) in [7, 11) is 2.13. The van der Waals surface area contributed by atoms with Crippen molar-refractivity contribution in [2.24, 2.45) is 0 Å². The van der Waals surface area contributed by atoms with Crippen molar-refractivity contribution in [2.75, 3.05) is 33.2 Å². The highest BCUT2D eigenvalue weighted by atomic mass is 16.3. The minimum atomic E-state index is 0.122. The molecule has 19 heavy (non-hydrogen) atoms. The van der Waals surface area contributed by atoms with E-state index < -0.39 is 0 Å². The molecule has 0 aliphatic carbocycles. The maximum Gasteiger partial charge on any atom is 0.176 e. The Balaban J connectivity index is 1.99. The number of hydrogen-bond donors (Lipinski definition) is 1. The zero-order valence-electron chi connectivity index (χ0n) is 11.7. The number of ketones is 1. The van der Waals surface area contributed by atoms with Gasteiger partial charge in [-0.25, -0.2) is 0 Å². The van der Waals surface area contributed by atoms with Gasteiger partial charge >= 0.3 is 0 Å². The van der Waals surface area contributed by atoms with E-state index in [1.807, 2.05) is 0 Å². The van der Waals surface area contributed by atoms with Gasteiger partial charge in [-0.1, -0.05) is 0 Å². The fourth-order valence-electron chi connectivity index (χ4n) is 2.58. The van der Waals surface area contributed by atoms with Crippen LogP contribution in [0.1, 0.15) is 23.7 Å².